The standard InChI is InChI=1S/C53H33N5/c1-3-11-34(12-4-1)38-15-9-16-42(32-38)51-56-52(58-53(57-51)47-28-27-44(35-13-5-2-6-14-35)45-18-7-8-19-46(45)47)43-25-23-39-31-41(24-22-40(39)33-43)48-29-26-37-21-20-36-17-10-30-54-49(36)50(37)55-48/h1-33H. The summed E-state index contributed by atoms with van der Waals surface area (Å²) in [5.41, 5.74) is 11.1. The molecule has 0 N–H and O–H groups in total. The lowest BCUT2D eigenvalue weighted by Crippen LogP contribution is -2.01. The first-order chi connectivity index (χ1) is 28.7. The van der Waals surface area contributed by atoms with E-state index in [-0.39, 0.29) is 0 Å². The second-order valence-electron chi connectivity index (χ2n) is 14.5. The minimum absolute atomic E-state index is 0.614. The Morgan fingerprint density at radius 1 is 0.276 bits per heavy atom. The van der Waals surface area contributed by atoms with Crippen LogP contribution in [-0.2, 0) is 0 Å². The lowest BCUT2D eigenvalue weighted by molar-refractivity contribution is 1.08. The Labute approximate surface area is 335 Å². The number of rotatable bonds is 6. The molecule has 0 unspecified atom stereocenters. The molecule has 0 aliphatic heterocycles. The van der Waals surface area contributed by atoms with Crippen molar-refractivity contribution in [2.24, 2.45) is 0 Å². The maximum Gasteiger partial charge on any atom is 0.164 e. The van der Waals surface area contributed by atoms with Gasteiger partial charge in [-0.2, -0.15) is 0 Å². The third-order valence-corrected chi connectivity index (χ3v) is 10.9. The number of nitrogens with zero attached hydrogens (tertiary/aromatic N) is 5. The third kappa shape index (κ3) is 6.03. The Hall–Kier alpha value is -7.89. The lowest BCUT2D eigenvalue weighted by atomic mass is 9.94. The molecule has 0 fully saturated rings. The molecule has 0 aliphatic carbocycles. The van der Waals surface area contributed by atoms with Crippen LogP contribution in [0.25, 0.3) is 111 Å². The highest BCUT2D eigenvalue weighted by atomic mass is 15.0. The molecule has 0 saturated carbocycles. The Morgan fingerprint density at radius 2 is 0.828 bits per heavy atom. The highest BCUT2D eigenvalue weighted by Crippen LogP contribution is 2.37. The van der Waals surface area contributed by atoms with Crippen LogP contribution < -0.4 is 0 Å². The maximum absolute atomic E-state index is 5.22. The normalized spacial score (nSPS) is 11.4. The van der Waals surface area contributed by atoms with Crippen molar-refractivity contribution in [3.63, 3.8) is 0 Å². The van der Waals surface area contributed by atoms with E-state index in [1.54, 1.807) is 0 Å². The first kappa shape index (κ1) is 33.4. The predicted molar refractivity (Wildman–Crippen MR) is 238 cm³/mol. The summed E-state index contributed by atoms with van der Waals surface area (Å²) in [7, 11) is 0. The van der Waals surface area contributed by atoms with Crippen molar-refractivity contribution in [2.45, 2.75) is 0 Å². The van der Waals surface area contributed by atoms with Gasteiger partial charge >= 0.3 is 0 Å². The van der Waals surface area contributed by atoms with Crippen molar-refractivity contribution in [1.82, 2.24) is 24.9 Å². The van der Waals surface area contributed by atoms with Crippen LogP contribution in [0.4, 0.5) is 0 Å². The van der Waals surface area contributed by atoms with Crippen LogP contribution in [-0.4, -0.2) is 24.9 Å². The first-order valence-corrected chi connectivity index (χ1v) is 19.4. The summed E-state index contributed by atoms with van der Waals surface area (Å²) in [6.45, 7) is 0. The molecule has 58 heavy (non-hydrogen) atoms. The average molecular weight is 740 g/mol. The quantitative estimate of drug-likeness (QED) is 0.159. The first-order valence-electron chi connectivity index (χ1n) is 19.4. The van der Waals surface area contributed by atoms with Crippen LogP contribution in [0, 0.1) is 0 Å². The number of pyridine rings is 2. The zero-order chi connectivity index (χ0) is 38.4. The molecule has 0 radical (unpaired) electrons. The highest BCUT2D eigenvalue weighted by Gasteiger charge is 2.17. The van der Waals surface area contributed by atoms with Gasteiger partial charge in [0.05, 0.1) is 16.7 Å². The average Bonchev–Trinajstić information content (AvgIpc) is 3.31. The largest absolute Gasteiger partial charge is 0.254 e. The molecule has 8 aromatic carbocycles. The van der Waals surface area contributed by atoms with Gasteiger partial charge in [0.25, 0.3) is 0 Å². The molecule has 0 saturated heterocycles. The Kier molecular flexibility index (Phi) is 8.07. The summed E-state index contributed by atoms with van der Waals surface area (Å²) in [6, 6.07) is 67.6. The smallest absolute Gasteiger partial charge is 0.164 e. The highest BCUT2D eigenvalue weighted by molar-refractivity contribution is 6.05. The Balaban J connectivity index is 1.04. The molecule has 11 rings (SSSR count). The van der Waals surface area contributed by atoms with Crippen LogP contribution in [0.1, 0.15) is 0 Å². The maximum atomic E-state index is 5.22. The molecule has 270 valence electrons. The number of benzene rings is 8. The van der Waals surface area contributed by atoms with Gasteiger partial charge in [-0.1, -0.05) is 158 Å². The number of hydrogen-bond donors (Lipinski definition) is 0. The molecule has 5 heteroatoms. The molecular formula is C53H33N5. The minimum Gasteiger partial charge on any atom is -0.254 e. The van der Waals surface area contributed by atoms with E-state index in [1.807, 2.05) is 24.4 Å². The molecule has 0 spiro atoms. The molecular weight excluding hydrogens is 707 g/mol. The SMILES string of the molecule is c1ccc(-c2cccc(-c3nc(-c4ccc5cc(-c6ccc7ccc8cccnc8c7n6)ccc5c4)nc(-c4ccc(-c5ccccc5)c5ccccc45)n3)c2)cc1. The van der Waals surface area contributed by atoms with Gasteiger partial charge in [-0.05, 0) is 80.2 Å². The third-order valence-electron chi connectivity index (χ3n) is 10.9. The van der Waals surface area contributed by atoms with Gasteiger partial charge in [-0.25, -0.2) is 19.9 Å². The summed E-state index contributed by atoms with van der Waals surface area (Å²) in [5.74, 6) is 1.86. The summed E-state index contributed by atoms with van der Waals surface area (Å²) in [5, 5.41) is 6.57. The van der Waals surface area contributed by atoms with Crippen LogP contribution in [0.5, 0.6) is 0 Å². The van der Waals surface area contributed by atoms with Gasteiger partial charge in [0.15, 0.2) is 17.5 Å². The molecule has 0 aliphatic rings. The van der Waals surface area contributed by atoms with E-state index < -0.39 is 0 Å². The van der Waals surface area contributed by atoms with E-state index in [9.17, 15) is 0 Å². The molecule has 3 heterocycles. The van der Waals surface area contributed by atoms with E-state index >= 15 is 0 Å². The van der Waals surface area contributed by atoms with E-state index in [1.165, 1.54) is 11.1 Å². The fourth-order valence-electron chi connectivity index (χ4n) is 8.02. The van der Waals surface area contributed by atoms with Gasteiger partial charge < -0.3 is 0 Å². The zero-order valence-electron chi connectivity index (χ0n) is 31.3. The van der Waals surface area contributed by atoms with Gasteiger partial charge in [-0.3, -0.25) is 4.98 Å². The molecule has 0 atom stereocenters. The van der Waals surface area contributed by atoms with E-state index in [0.717, 1.165) is 82.4 Å². The Bertz CT molecular complexity index is 3340. The van der Waals surface area contributed by atoms with Crippen molar-refractivity contribution in [3.8, 4) is 67.7 Å². The molecule has 0 amide bonds. The number of hydrogen-bond acceptors (Lipinski definition) is 5. The number of fused-ring (bicyclic) bond motifs is 5. The zero-order valence-corrected chi connectivity index (χ0v) is 31.3. The van der Waals surface area contributed by atoms with E-state index in [2.05, 4.69) is 181 Å². The number of aromatic nitrogens is 5. The van der Waals surface area contributed by atoms with Crippen LogP contribution in [0.15, 0.2) is 200 Å². The van der Waals surface area contributed by atoms with Crippen molar-refractivity contribution >= 4 is 43.4 Å². The predicted octanol–water partition coefficient (Wildman–Crippen LogP) is 13.3. The Morgan fingerprint density at radius 3 is 1.60 bits per heavy atom. The monoisotopic (exact) mass is 739 g/mol. The van der Waals surface area contributed by atoms with E-state index in [4.69, 9.17) is 19.9 Å². The van der Waals surface area contributed by atoms with Crippen LogP contribution in [0.3, 0.4) is 0 Å². The van der Waals surface area contributed by atoms with Crippen molar-refractivity contribution in [2.75, 3.05) is 0 Å². The summed E-state index contributed by atoms with van der Waals surface area (Å²) < 4.78 is 0. The molecule has 5 nitrogen and oxygen atoms in total. The molecule has 3 aromatic heterocycles. The van der Waals surface area contributed by atoms with Gasteiger partial charge in [0.2, 0.25) is 0 Å². The second-order valence-corrected chi connectivity index (χ2v) is 14.5. The van der Waals surface area contributed by atoms with Crippen LogP contribution in [0.2, 0.25) is 0 Å². The summed E-state index contributed by atoms with van der Waals surface area (Å²) in [6.07, 6.45) is 1.83. The lowest BCUT2D eigenvalue weighted by Gasteiger charge is -2.14. The topological polar surface area (TPSA) is 64.5 Å². The van der Waals surface area contributed by atoms with Gasteiger partial charge in [0.1, 0.15) is 0 Å². The van der Waals surface area contributed by atoms with Crippen molar-refractivity contribution in [3.05, 3.63) is 200 Å². The summed E-state index contributed by atoms with van der Waals surface area (Å²) >= 11 is 0. The van der Waals surface area contributed by atoms with Gasteiger partial charge in [0, 0.05) is 39.2 Å². The summed E-state index contributed by atoms with van der Waals surface area (Å²) in [4.78, 5) is 25.3. The van der Waals surface area contributed by atoms with Gasteiger partial charge in [-0.15, -0.1) is 0 Å². The van der Waals surface area contributed by atoms with Crippen molar-refractivity contribution < 1.29 is 0 Å². The minimum atomic E-state index is 0.614. The second kappa shape index (κ2) is 14.0. The molecule has 0 bridgehead atoms. The molecule has 11 aromatic rings. The van der Waals surface area contributed by atoms with E-state index in [0.29, 0.717) is 17.5 Å². The fraction of sp³-hybridized carbons (Fsp3) is 0. The van der Waals surface area contributed by atoms with Crippen LogP contribution >= 0.6 is 0 Å². The fourth-order valence-corrected chi connectivity index (χ4v) is 8.02. The van der Waals surface area contributed by atoms with Crippen molar-refractivity contribution in [1.29, 1.82) is 0 Å².